The van der Waals surface area contributed by atoms with Crippen molar-refractivity contribution in [2.45, 2.75) is 32.2 Å². The predicted octanol–water partition coefficient (Wildman–Crippen LogP) is 2.12. The van der Waals surface area contributed by atoms with Crippen molar-refractivity contribution in [3.8, 4) is 0 Å². The van der Waals surface area contributed by atoms with Crippen molar-refractivity contribution >= 4 is 11.3 Å². The first-order valence-corrected chi connectivity index (χ1v) is 5.33. The minimum Gasteiger partial charge on any atom is -0.323 e. The topological polar surface area (TPSA) is 38.9 Å². The zero-order valence-electron chi connectivity index (χ0n) is 7.29. The molecule has 1 aliphatic carbocycles. The number of hydrogen-bond donors (Lipinski definition) is 1. The second-order valence-corrected chi connectivity index (χ2v) is 4.54. The molecule has 1 atom stereocenters. The molecule has 66 valence electrons. The average molecular weight is 182 g/mol. The Morgan fingerprint density at radius 2 is 2.50 bits per heavy atom. The lowest BCUT2D eigenvalue weighted by Gasteiger charge is -1.97. The number of nitrogens with two attached hydrogens (primary N) is 1. The fourth-order valence-electron chi connectivity index (χ4n) is 1.20. The van der Waals surface area contributed by atoms with E-state index in [1.165, 1.54) is 24.3 Å². The van der Waals surface area contributed by atoms with Gasteiger partial charge in [-0.05, 0) is 25.7 Å². The molecular formula is C9H14N2S. The summed E-state index contributed by atoms with van der Waals surface area (Å²) in [5.74, 6) is 0.928. The summed E-state index contributed by atoms with van der Waals surface area (Å²) in [6.45, 7) is 1.98. The van der Waals surface area contributed by atoms with E-state index in [4.69, 9.17) is 5.73 Å². The van der Waals surface area contributed by atoms with Gasteiger partial charge in [-0.2, -0.15) is 0 Å². The molecule has 1 fully saturated rings. The zero-order valence-corrected chi connectivity index (χ0v) is 8.10. The van der Waals surface area contributed by atoms with Crippen molar-refractivity contribution in [2.24, 2.45) is 11.7 Å². The van der Waals surface area contributed by atoms with E-state index in [0.717, 1.165) is 11.6 Å². The summed E-state index contributed by atoms with van der Waals surface area (Å²) in [6.07, 6.45) is 3.97. The minimum atomic E-state index is 0.0919. The van der Waals surface area contributed by atoms with Gasteiger partial charge < -0.3 is 5.73 Å². The highest BCUT2D eigenvalue weighted by molar-refractivity contribution is 7.09. The van der Waals surface area contributed by atoms with Crippen molar-refractivity contribution in [3.05, 3.63) is 16.1 Å². The van der Waals surface area contributed by atoms with Gasteiger partial charge in [-0.1, -0.05) is 0 Å². The van der Waals surface area contributed by atoms with Crippen LogP contribution >= 0.6 is 11.3 Å². The highest BCUT2D eigenvalue weighted by atomic mass is 32.1. The van der Waals surface area contributed by atoms with Crippen LogP contribution in [0.3, 0.4) is 0 Å². The maximum atomic E-state index is 5.72. The third kappa shape index (κ3) is 1.84. The Morgan fingerprint density at radius 3 is 3.00 bits per heavy atom. The summed E-state index contributed by atoms with van der Waals surface area (Å²) in [6, 6.07) is 0.0919. The Labute approximate surface area is 76.8 Å². The SMILES string of the molecule is CC(N)c1csc(CC2CC2)n1. The van der Waals surface area contributed by atoms with Crippen molar-refractivity contribution < 1.29 is 0 Å². The molecule has 1 aliphatic rings. The van der Waals surface area contributed by atoms with Gasteiger partial charge in [0.15, 0.2) is 0 Å². The molecule has 3 heteroatoms. The molecule has 0 radical (unpaired) electrons. The van der Waals surface area contributed by atoms with E-state index in [1.54, 1.807) is 11.3 Å². The van der Waals surface area contributed by atoms with Gasteiger partial charge in [0.05, 0.1) is 10.7 Å². The first-order valence-electron chi connectivity index (χ1n) is 4.45. The summed E-state index contributed by atoms with van der Waals surface area (Å²) in [5.41, 5.74) is 6.77. The summed E-state index contributed by atoms with van der Waals surface area (Å²) >= 11 is 1.76. The van der Waals surface area contributed by atoms with Crippen LogP contribution in [0.15, 0.2) is 5.38 Å². The normalized spacial score (nSPS) is 19.5. The van der Waals surface area contributed by atoms with Crippen LogP contribution in [0.5, 0.6) is 0 Å². The van der Waals surface area contributed by atoms with E-state index in [1.807, 2.05) is 6.92 Å². The van der Waals surface area contributed by atoms with Gasteiger partial charge in [-0.25, -0.2) is 4.98 Å². The molecule has 1 heterocycles. The molecule has 2 N–H and O–H groups in total. The van der Waals surface area contributed by atoms with Crippen LogP contribution in [0.2, 0.25) is 0 Å². The Bertz CT molecular complexity index is 263. The van der Waals surface area contributed by atoms with Crippen LogP contribution in [0, 0.1) is 5.92 Å². The molecule has 0 bridgehead atoms. The molecule has 2 rings (SSSR count). The van der Waals surface area contributed by atoms with Crippen LogP contribution in [0.4, 0.5) is 0 Å². The molecule has 0 amide bonds. The average Bonchev–Trinajstić information content (AvgIpc) is 2.66. The van der Waals surface area contributed by atoms with Gasteiger partial charge in [0, 0.05) is 17.8 Å². The van der Waals surface area contributed by atoms with Crippen molar-refractivity contribution in [2.75, 3.05) is 0 Å². The Kier molecular flexibility index (Phi) is 2.15. The van der Waals surface area contributed by atoms with Crippen molar-refractivity contribution in [1.29, 1.82) is 0 Å². The molecule has 1 aromatic rings. The zero-order chi connectivity index (χ0) is 8.55. The molecule has 0 spiro atoms. The summed E-state index contributed by atoms with van der Waals surface area (Å²) < 4.78 is 0. The quantitative estimate of drug-likeness (QED) is 0.777. The molecule has 0 aromatic carbocycles. The van der Waals surface area contributed by atoms with E-state index in [0.29, 0.717) is 0 Å². The third-order valence-electron chi connectivity index (χ3n) is 2.20. The van der Waals surface area contributed by atoms with Gasteiger partial charge in [0.25, 0.3) is 0 Å². The predicted molar refractivity (Wildman–Crippen MR) is 51.1 cm³/mol. The minimum absolute atomic E-state index is 0.0919. The van der Waals surface area contributed by atoms with Crippen LogP contribution in [0.1, 0.15) is 36.5 Å². The lowest BCUT2D eigenvalue weighted by atomic mass is 10.3. The van der Waals surface area contributed by atoms with E-state index in [2.05, 4.69) is 10.4 Å². The Morgan fingerprint density at radius 1 is 1.75 bits per heavy atom. The molecule has 0 aliphatic heterocycles. The van der Waals surface area contributed by atoms with Crippen molar-refractivity contribution in [3.63, 3.8) is 0 Å². The maximum absolute atomic E-state index is 5.72. The van der Waals surface area contributed by atoms with Crippen LogP contribution in [-0.2, 0) is 6.42 Å². The second kappa shape index (κ2) is 3.15. The second-order valence-electron chi connectivity index (χ2n) is 3.60. The fraction of sp³-hybridized carbons (Fsp3) is 0.667. The smallest absolute Gasteiger partial charge is 0.0931 e. The van der Waals surface area contributed by atoms with E-state index < -0.39 is 0 Å². The largest absolute Gasteiger partial charge is 0.323 e. The van der Waals surface area contributed by atoms with Crippen LogP contribution < -0.4 is 5.73 Å². The molecule has 1 aromatic heterocycles. The van der Waals surface area contributed by atoms with Gasteiger partial charge in [-0.3, -0.25) is 0 Å². The molecule has 1 unspecified atom stereocenters. The number of aromatic nitrogens is 1. The summed E-state index contributed by atoms with van der Waals surface area (Å²) in [7, 11) is 0. The number of nitrogens with zero attached hydrogens (tertiary/aromatic N) is 1. The monoisotopic (exact) mass is 182 g/mol. The number of rotatable bonds is 3. The van der Waals surface area contributed by atoms with Gasteiger partial charge in [-0.15, -0.1) is 11.3 Å². The highest BCUT2D eigenvalue weighted by Gasteiger charge is 2.22. The molecule has 12 heavy (non-hydrogen) atoms. The van der Waals surface area contributed by atoms with Gasteiger partial charge >= 0.3 is 0 Å². The van der Waals surface area contributed by atoms with E-state index in [-0.39, 0.29) is 6.04 Å². The number of thiazole rings is 1. The van der Waals surface area contributed by atoms with E-state index >= 15 is 0 Å². The van der Waals surface area contributed by atoms with Crippen molar-refractivity contribution in [1.82, 2.24) is 4.98 Å². The summed E-state index contributed by atoms with van der Waals surface area (Å²) in [5, 5.41) is 3.35. The molecule has 2 nitrogen and oxygen atoms in total. The van der Waals surface area contributed by atoms with Gasteiger partial charge in [0.1, 0.15) is 0 Å². The molecular weight excluding hydrogens is 168 g/mol. The first-order chi connectivity index (χ1) is 5.75. The van der Waals surface area contributed by atoms with Crippen LogP contribution in [0.25, 0.3) is 0 Å². The number of hydrogen-bond acceptors (Lipinski definition) is 3. The highest BCUT2D eigenvalue weighted by Crippen LogP contribution is 2.33. The van der Waals surface area contributed by atoms with Gasteiger partial charge in [0.2, 0.25) is 0 Å². The maximum Gasteiger partial charge on any atom is 0.0931 e. The Balaban J connectivity index is 2.02. The Hall–Kier alpha value is -0.410. The standard InChI is InChI=1S/C9H14N2S/c1-6(10)8-5-12-9(11-8)4-7-2-3-7/h5-7H,2-4,10H2,1H3. The third-order valence-corrected chi connectivity index (χ3v) is 3.09. The first kappa shape index (κ1) is 8.20. The van der Waals surface area contributed by atoms with E-state index in [9.17, 15) is 0 Å². The lowest BCUT2D eigenvalue weighted by molar-refractivity contribution is 0.764. The molecule has 0 saturated heterocycles. The van der Waals surface area contributed by atoms with Crippen LogP contribution in [-0.4, -0.2) is 4.98 Å². The fourth-order valence-corrected chi connectivity index (χ4v) is 2.21. The summed E-state index contributed by atoms with van der Waals surface area (Å²) in [4.78, 5) is 4.48. The lowest BCUT2D eigenvalue weighted by Crippen LogP contribution is -2.05. The molecule has 1 saturated carbocycles.